The minimum atomic E-state index is -0.482. The monoisotopic (exact) mass is 354 g/mol. The Morgan fingerprint density at radius 2 is 1.08 bits per heavy atom. The van der Waals surface area contributed by atoms with Gasteiger partial charge in [-0.2, -0.15) is 0 Å². The number of nitrogens with zero attached hydrogens (tertiary/aromatic N) is 2. The summed E-state index contributed by atoms with van der Waals surface area (Å²) in [5.41, 5.74) is 0.870. The molecule has 0 aromatic heterocycles. The number of hydrogen-bond acceptors (Lipinski definition) is 4. The molecule has 2 aromatic carbocycles. The van der Waals surface area contributed by atoms with E-state index in [0.29, 0.717) is 32.6 Å². The molecule has 0 spiro atoms. The molecule has 0 saturated carbocycles. The summed E-state index contributed by atoms with van der Waals surface area (Å²) in [5.74, 6) is 0. The summed E-state index contributed by atoms with van der Waals surface area (Å²) < 4.78 is 0. The Labute approximate surface area is 145 Å². The fourth-order valence-electron chi connectivity index (χ4n) is 2.77. The third-order valence-corrected chi connectivity index (χ3v) is 4.24. The van der Waals surface area contributed by atoms with Crippen molar-refractivity contribution in [1.29, 1.82) is 0 Å². The van der Waals surface area contributed by atoms with Crippen LogP contribution in [-0.4, -0.2) is 9.97 Å². The molecule has 0 amide bonds. The molecule has 0 aliphatic carbocycles. The molecule has 2 aliphatic rings. The Kier molecular flexibility index (Phi) is 3.44. The maximum atomic E-state index is 12.4. The van der Waals surface area contributed by atoms with Gasteiger partial charge in [-0.3, -0.25) is 9.59 Å². The smallest absolute Gasteiger partial charge is 0.267 e. The van der Waals surface area contributed by atoms with Crippen molar-refractivity contribution >= 4 is 23.2 Å². The fourth-order valence-corrected chi connectivity index (χ4v) is 3.15. The van der Waals surface area contributed by atoms with E-state index in [4.69, 9.17) is 23.2 Å². The van der Waals surface area contributed by atoms with Gasteiger partial charge in [0.05, 0.1) is 21.8 Å². The van der Waals surface area contributed by atoms with E-state index in [0.717, 1.165) is 0 Å². The number of halogens is 2. The van der Waals surface area contributed by atoms with E-state index in [1.54, 1.807) is 48.5 Å². The van der Waals surface area contributed by atoms with E-state index in [1.807, 2.05) is 0 Å². The summed E-state index contributed by atoms with van der Waals surface area (Å²) in [5, 5.41) is 1.44. The van der Waals surface area contributed by atoms with Crippen LogP contribution in [0, 0.1) is 10.4 Å². The minimum absolute atomic E-state index is 0.220. The van der Waals surface area contributed by atoms with Crippen LogP contribution in [0.25, 0.3) is 22.5 Å². The summed E-state index contributed by atoms with van der Waals surface area (Å²) in [6.07, 6.45) is 0. The van der Waals surface area contributed by atoms with Crippen molar-refractivity contribution in [1.82, 2.24) is 9.97 Å². The summed E-state index contributed by atoms with van der Waals surface area (Å²) in [6.45, 7) is 0. The van der Waals surface area contributed by atoms with Crippen LogP contribution in [0.1, 0.15) is 0 Å². The lowest BCUT2D eigenvalue weighted by Gasteiger charge is -1.96. The van der Waals surface area contributed by atoms with Gasteiger partial charge in [0, 0.05) is 21.2 Å². The molecule has 24 heavy (non-hydrogen) atoms. The van der Waals surface area contributed by atoms with Crippen molar-refractivity contribution in [3.05, 3.63) is 89.7 Å². The molecule has 4 nitrogen and oxygen atoms in total. The second kappa shape index (κ2) is 5.51. The number of benzene rings is 2. The third-order valence-electron chi connectivity index (χ3n) is 3.77. The van der Waals surface area contributed by atoms with Crippen LogP contribution in [0.4, 0.5) is 0 Å². The normalized spacial score (nSPS) is 11.2. The SMILES string of the molecule is O=c1nc(-c2cccc(Cl)c2)c2c(=O)nc(-c3cccc(Cl)c3)c1=2. The van der Waals surface area contributed by atoms with Gasteiger partial charge in [-0.05, 0) is 24.3 Å². The Morgan fingerprint density at radius 1 is 0.667 bits per heavy atom. The number of rotatable bonds is 2. The lowest BCUT2D eigenvalue weighted by atomic mass is 10.1. The van der Waals surface area contributed by atoms with Gasteiger partial charge < -0.3 is 0 Å². The van der Waals surface area contributed by atoms with Crippen LogP contribution in [0.5, 0.6) is 0 Å². The quantitative estimate of drug-likeness (QED) is 0.553. The molecular weight excluding hydrogens is 347 g/mol. The molecule has 2 heterocycles. The van der Waals surface area contributed by atoms with E-state index in [2.05, 4.69) is 9.97 Å². The predicted molar refractivity (Wildman–Crippen MR) is 93.1 cm³/mol. The van der Waals surface area contributed by atoms with Crippen LogP contribution in [0.15, 0.2) is 58.1 Å². The molecule has 6 heteroatoms. The zero-order valence-corrected chi connectivity index (χ0v) is 13.6. The van der Waals surface area contributed by atoms with Crippen molar-refractivity contribution < 1.29 is 0 Å². The largest absolute Gasteiger partial charge is 0.280 e. The first kappa shape index (κ1) is 15.0. The van der Waals surface area contributed by atoms with Gasteiger partial charge in [-0.15, -0.1) is 0 Å². The number of hydrogen-bond donors (Lipinski definition) is 0. The zero-order valence-electron chi connectivity index (χ0n) is 12.1. The molecular formula is C18H8Cl2N2O2. The molecule has 0 radical (unpaired) electrons. The highest BCUT2D eigenvalue weighted by molar-refractivity contribution is 6.31. The van der Waals surface area contributed by atoms with E-state index < -0.39 is 11.1 Å². The van der Waals surface area contributed by atoms with Crippen LogP contribution in [-0.2, 0) is 0 Å². The van der Waals surface area contributed by atoms with Gasteiger partial charge >= 0.3 is 0 Å². The van der Waals surface area contributed by atoms with Crippen molar-refractivity contribution in [3.63, 3.8) is 0 Å². The molecule has 0 unspecified atom stereocenters. The summed E-state index contributed by atoms with van der Waals surface area (Å²) in [4.78, 5) is 32.9. The fraction of sp³-hybridized carbons (Fsp3) is 0. The first-order valence-corrected chi connectivity index (χ1v) is 7.83. The van der Waals surface area contributed by atoms with Gasteiger partial charge in [-0.1, -0.05) is 47.5 Å². The van der Waals surface area contributed by atoms with E-state index >= 15 is 0 Å². The molecule has 2 aromatic rings. The van der Waals surface area contributed by atoms with Gasteiger partial charge in [0.2, 0.25) is 0 Å². The van der Waals surface area contributed by atoms with Crippen LogP contribution in [0.3, 0.4) is 0 Å². The van der Waals surface area contributed by atoms with Crippen molar-refractivity contribution in [2.75, 3.05) is 0 Å². The second-order valence-electron chi connectivity index (χ2n) is 5.30. The van der Waals surface area contributed by atoms with Gasteiger partial charge in [0.25, 0.3) is 11.1 Å². The van der Waals surface area contributed by atoms with Crippen LogP contribution in [0.2, 0.25) is 10.0 Å². The Morgan fingerprint density at radius 3 is 1.46 bits per heavy atom. The van der Waals surface area contributed by atoms with E-state index in [-0.39, 0.29) is 10.4 Å². The molecule has 0 bridgehead atoms. The predicted octanol–water partition coefficient (Wildman–Crippen LogP) is 3.44. The minimum Gasteiger partial charge on any atom is -0.267 e. The molecule has 0 saturated heterocycles. The van der Waals surface area contributed by atoms with Gasteiger partial charge in [0.1, 0.15) is 0 Å². The second-order valence-corrected chi connectivity index (χ2v) is 6.17. The van der Waals surface area contributed by atoms with Gasteiger partial charge in [0.15, 0.2) is 0 Å². The van der Waals surface area contributed by atoms with Crippen LogP contribution >= 0.6 is 23.2 Å². The Balaban J connectivity index is 2.09. The van der Waals surface area contributed by atoms with Gasteiger partial charge in [-0.25, -0.2) is 9.97 Å². The first-order chi connectivity index (χ1) is 11.5. The summed E-state index contributed by atoms with van der Waals surface area (Å²) in [6, 6.07) is 13.7. The summed E-state index contributed by atoms with van der Waals surface area (Å²) >= 11 is 12.0. The topological polar surface area (TPSA) is 59.9 Å². The van der Waals surface area contributed by atoms with E-state index in [1.165, 1.54) is 0 Å². The summed E-state index contributed by atoms with van der Waals surface area (Å²) in [7, 11) is 0. The highest BCUT2D eigenvalue weighted by Crippen LogP contribution is 2.25. The number of aromatic nitrogens is 2. The molecule has 2 aliphatic heterocycles. The molecule has 116 valence electrons. The average molecular weight is 355 g/mol. The average Bonchev–Trinajstić information content (AvgIpc) is 3.07. The zero-order chi connectivity index (χ0) is 16.8. The van der Waals surface area contributed by atoms with Crippen molar-refractivity contribution in [3.8, 4) is 22.5 Å². The highest BCUT2D eigenvalue weighted by atomic mass is 35.5. The maximum Gasteiger partial charge on any atom is 0.280 e. The Hall–Kier alpha value is -2.56. The van der Waals surface area contributed by atoms with E-state index in [9.17, 15) is 9.59 Å². The molecule has 0 N–H and O–H groups in total. The van der Waals surface area contributed by atoms with Crippen LogP contribution < -0.4 is 11.1 Å². The van der Waals surface area contributed by atoms with Crippen molar-refractivity contribution in [2.45, 2.75) is 0 Å². The molecule has 0 fully saturated rings. The third kappa shape index (κ3) is 2.31. The standard InChI is InChI=1S/C18H8Cl2N2O2/c19-11-5-1-3-9(7-11)15-13-14(18(24)21-15)16(22-17(13)23)10-4-2-6-12(20)8-10/h1-8H. The highest BCUT2D eigenvalue weighted by Gasteiger charge is 2.19. The lowest BCUT2D eigenvalue weighted by molar-refractivity contribution is 1.23. The Bertz CT molecular complexity index is 1130. The molecule has 0 atom stereocenters. The maximum absolute atomic E-state index is 12.4. The molecule has 4 rings (SSSR count). The first-order valence-electron chi connectivity index (χ1n) is 7.07. The lowest BCUT2D eigenvalue weighted by Crippen LogP contribution is -2.04. The van der Waals surface area contributed by atoms with Crippen molar-refractivity contribution in [2.24, 2.45) is 0 Å².